The van der Waals surface area contributed by atoms with Gasteiger partial charge in [-0.2, -0.15) is 0 Å². The Morgan fingerprint density at radius 2 is 2.41 bits per heavy atom. The molecule has 98 valence electrons. The van der Waals surface area contributed by atoms with Crippen molar-refractivity contribution in [3.8, 4) is 0 Å². The van der Waals surface area contributed by atoms with Crippen LogP contribution in [0.4, 0.5) is 0 Å². The number of halogens is 2. The summed E-state index contributed by atoms with van der Waals surface area (Å²) in [6, 6.07) is 0.584. The smallest absolute Gasteiger partial charge is 0.270 e. The van der Waals surface area contributed by atoms with Crippen molar-refractivity contribution in [2.24, 2.45) is 0 Å². The number of rotatable bonds is 4. The highest BCUT2D eigenvalue weighted by Gasteiger charge is 2.14. The molecule has 1 saturated heterocycles. The third kappa shape index (κ3) is 5.21. The van der Waals surface area contributed by atoms with Gasteiger partial charge in [-0.1, -0.05) is 0 Å². The van der Waals surface area contributed by atoms with Crippen LogP contribution in [0.1, 0.15) is 29.8 Å². The van der Waals surface area contributed by atoms with E-state index in [0.29, 0.717) is 11.7 Å². The molecule has 0 spiro atoms. The van der Waals surface area contributed by atoms with Gasteiger partial charge in [0, 0.05) is 18.0 Å². The standard InChI is InChI=1S/C10H15N3OS.2ClH/c14-10(9-6-15-7-13-9)12-5-3-8-2-1-4-11-8;;/h6-8,11H,1-5H2,(H,12,14);2*1H/t8-;;/m1../s1. The van der Waals surface area contributed by atoms with Crippen molar-refractivity contribution in [3.05, 3.63) is 16.6 Å². The van der Waals surface area contributed by atoms with Gasteiger partial charge in [-0.05, 0) is 25.8 Å². The maximum atomic E-state index is 11.5. The zero-order chi connectivity index (χ0) is 10.5. The maximum absolute atomic E-state index is 11.5. The van der Waals surface area contributed by atoms with Gasteiger partial charge < -0.3 is 10.6 Å². The molecule has 0 bridgehead atoms. The molecule has 0 radical (unpaired) electrons. The number of aromatic nitrogens is 1. The van der Waals surface area contributed by atoms with Gasteiger partial charge in [0.2, 0.25) is 0 Å². The van der Waals surface area contributed by atoms with E-state index in [9.17, 15) is 4.79 Å². The Bertz CT molecular complexity index is 315. The SMILES string of the molecule is Cl.Cl.O=C(NCC[C@H]1CCCN1)c1cscn1. The molecule has 2 rings (SSSR count). The van der Waals surface area contributed by atoms with E-state index in [1.165, 1.54) is 24.2 Å². The van der Waals surface area contributed by atoms with E-state index in [0.717, 1.165) is 19.5 Å². The summed E-state index contributed by atoms with van der Waals surface area (Å²) < 4.78 is 0. The molecule has 1 aliphatic heterocycles. The molecule has 1 fully saturated rings. The first-order chi connectivity index (χ1) is 7.36. The minimum atomic E-state index is -0.0609. The number of amides is 1. The maximum Gasteiger partial charge on any atom is 0.270 e. The normalized spacial score (nSPS) is 18.0. The summed E-state index contributed by atoms with van der Waals surface area (Å²) in [7, 11) is 0. The minimum absolute atomic E-state index is 0. The number of thiazole rings is 1. The summed E-state index contributed by atoms with van der Waals surface area (Å²) >= 11 is 1.44. The molecule has 1 aromatic rings. The minimum Gasteiger partial charge on any atom is -0.351 e. The van der Waals surface area contributed by atoms with Crippen molar-refractivity contribution in [2.45, 2.75) is 25.3 Å². The molecule has 1 amide bonds. The van der Waals surface area contributed by atoms with Crippen molar-refractivity contribution in [1.82, 2.24) is 15.6 Å². The van der Waals surface area contributed by atoms with Crippen LogP contribution in [0.15, 0.2) is 10.9 Å². The van der Waals surface area contributed by atoms with E-state index in [1.807, 2.05) is 0 Å². The van der Waals surface area contributed by atoms with Gasteiger partial charge in [0.25, 0.3) is 5.91 Å². The second kappa shape index (κ2) is 8.69. The van der Waals surface area contributed by atoms with E-state index in [4.69, 9.17) is 0 Å². The first-order valence-electron chi connectivity index (χ1n) is 5.26. The number of carbonyl (C=O) groups is 1. The highest BCUT2D eigenvalue weighted by atomic mass is 35.5. The quantitative estimate of drug-likeness (QED) is 0.892. The number of carbonyl (C=O) groups excluding carboxylic acids is 1. The Morgan fingerprint density at radius 1 is 1.59 bits per heavy atom. The van der Waals surface area contributed by atoms with Crippen LogP contribution in [-0.4, -0.2) is 30.0 Å². The highest BCUT2D eigenvalue weighted by molar-refractivity contribution is 7.07. The average molecular weight is 298 g/mol. The summed E-state index contributed by atoms with van der Waals surface area (Å²) in [5, 5.41) is 8.04. The van der Waals surface area contributed by atoms with Crippen molar-refractivity contribution in [1.29, 1.82) is 0 Å². The van der Waals surface area contributed by atoms with Crippen LogP contribution in [0.3, 0.4) is 0 Å². The van der Waals surface area contributed by atoms with Crippen molar-refractivity contribution < 1.29 is 4.79 Å². The van der Waals surface area contributed by atoms with E-state index in [2.05, 4.69) is 15.6 Å². The zero-order valence-electron chi connectivity index (χ0n) is 9.35. The zero-order valence-corrected chi connectivity index (χ0v) is 11.8. The first kappa shape index (κ1) is 16.6. The van der Waals surface area contributed by atoms with E-state index in [-0.39, 0.29) is 30.7 Å². The Hall–Kier alpha value is -0.360. The third-order valence-corrected chi connectivity index (χ3v) is 3.19. The summed E-state index contributed by atoms with van der Waals surface area (Å²) in [6.07, 6.45) is 3.49. The Kier molecular flexibility index (Phi) is 8.51. The summed E-state index contributed by atoms with van der Waals surface area (Å²) in [5.74, 6) is -0.0609. The molecule has 0 aliphatic carbocycles. The lowest BCUT2D eigenvalue weighted by atomic mass is 10.1. The highest BCUT2D eigenvalue weighted by Crippen LogP contribution is 2.07. The van der Waals surface area contributed by atoms with Crippen molar-refractivity contribution in [2.75, 3.05) is 13.1 Å². The molecular weight excluding hydrogens is 281 g/mol. The van der Waals surface area contributed by atoms with Crippen LogP contribution in [0.2, 0.25) is 0 Å². The largest absolute Gasteiger partial charge is 0.351 e. The second-order valence-corrected chi connectivity index (χ2v) is 4.43. The molecule has 0 unspecified atom stereocenters. The Labute approximate surface area is 117 Å². The Balaban J connectivity index is 0.00000128. The molecule has 17 heavy (non-hydrogen) atoms. The van der Waals surface area contributed by atoms with Gasteiger partial charge in [0.15, 0.2) is 0 Å². The molecule has 0 aromatic carbocycles. The first-order valence-corrected chi connectivity index (χ1v) is 6.20. The number of hydrogen-bond acceptors (Lipinski definition) is 4. The van der Waals surface area contributed by atoms with Crippen LogP contribution in [0.5, 0.6) is 0 Å². The van der Waals surface area contributed by atoms with Crippen LogP contribution in [0.25, 0.3) is 0 Å². The molecular formula is C10H17Cl2N3OS. The fourth-order valence-electron chi connectivity index (χ4n) is 1.78. The van der Waals surface area contributed by atoms with Crippen LogP contribution in [0, 0.1) is 0 Å². The number of nitrogens with zero attached hydrogens (tertiary/aromatic N) is 1. The molecule has 4 nitrogen and oxygen atoms in total. The predicted molar refractivity (Wildman–Crippen MR) is 74.6 cm³/mol. The fraction of sp³-hybridized carbons (Fsp3) is 0.600. The third-order valence-electron chi connectivity index (χ3n) is 2.61. The monoisotopic (exact) mass is 297 g/mol. The van der Waals surface area contributed by atoms with Gasteiger partial charge in [-0.3, -0.25) is 4.79 Å². The lowest BCUT2D eigenvalue weighted by Crippen LogP contribution is -2.30. The fourth-order valence-corrected chi connectivity index (χ4v) is 2.31. The second-order valence-electron chi connectivity index (χ2n) is 3.71. The van der Waals surface area contributed by atoms with E-state index >= 15 is 0 Å². The lowest BCUT2D eigenvalue weighted by Gasteiger charge is -2.09. The van der Waals surface area contributed by atoms with Crippen LogP contribution in [-0.2, 0) is 0 Å². The molecule has 2 heterocycles. The molecule has 7 heteroatoms. The predicted octanol–water partition coefficient (Wildman–Crippen LogP) is 1.86. The average Bonchev–Trinajstić information content (AvgIpc) is 2.90. The lowest BCUT2D eigenvalue weighted by molar-refractivity contribution is 0.0948. The van der Waals surface area contributed by atoms with Crippen molar-refractivity contribution >= 4 is 42.1 Å². The summed E-state index contributed by atoms with van der Waals surface area (Å²) in [6.45, 7) is 1.85. The molecule has 1 aliphatic rings. The Morgan fingerprint density at radius 3 is 3.00 bits per heavy atom. The van der Waals surface area contributed by atoms with Gasteiger partial charge in [-0.25, -0.2) is 4.98 Å². The van der Waals surface area contributed by atoms with Gasteiger partial charge in [0.1, 0.15) is 5.69 Å². The van der Waals surface area contributed by atoms with Crippen LogP contribution >= 0.6 is 36.2 Å². The topological polar surface area (TPSA) is 54.0 Å². The summed E-state index contributed by atoms with van der Waals surface area (Å²) in [4.78, 5) is 15.4. The number of nitrogens with one attached hydrogen (secondary N) is 2. The van der Waals surface area contributed by atoms with Gasteiger partial charge in [0.05, 0.1) is 5.51 Å². The summed E-state index contributed by atoms with van der Waals surface area (Å²) in [5.41, 5.74) is 2.20. The van der Waals surface area contributed by atoms with E-state index in [1.54, 1.807) is 10.9 Å². The molecule has 1 aromatic heterocycles. The number of hydrogen-bond donors (Lipinski definition) is 2. The molecule has 2 N–H and O–H groups in total. The molecule has 0 saturated carbocycles. The van der Waals surface area contributed by atoms with E-state index < -0.39 is 0 Å². The molecule has 1 atom stereocenters. The van der Waals surface area contributed by atoms with Gasteiger partial charge in [-0.15, -0.1) is 36.2 Å². The van der Waals surface area contributed by atoms with Crippen LogP contribution < -0.4 is 10.6 Å². The van der Waals surface area contributed by atoms with Crippen molar-refractivity contribution in [3.63, 3.8) is 0 Å². The van der Waals surface area contributed by atoms with Gasteiger partial charge >= 0.3 is 0 Å².